The van der Waals surface area contributed by atoms with Crippen LogP contribution in [0, 0.1) is 5.92 Å². The summed E-state index contributed by atoms with van der Waals surface area (Å²) in [5, 5.41) is 3.09. The molecule has 0 aliphatic carbocycles. The predicted octanol–water partition coefficient (Wildman–Crippen LogP) is 3.44. The molecule has 2 aliphatic rings. The fraction of sp³-hybridized carbons (Fsp3) is 0.500. The third-order valence-corrected chi connectivity index (χ3v) is 6.81. The van der Waals surface area contributed by atoms with Crippen molar-refractivity contribution in [2.75, 3.05) is 26.7 Å². The van der Waals surface area contributed by atoms with Crippen LogP contribution in [0.15, 0.2) is 47.3 Å². The van der Waals surface area contributed by atoms with Crippen LogP contribution >= 0.6 is 0 Å². The number of nitrogens with one attached hydrogen (secondary N) is 1. The van der Waals surface area contributed by atoms with Crippen LogP contribution in [-0.4, -0.2) is 54.0 Å². The SMILES string of the molecule is CC[C@]1(C2CCN(Cc3ccoc3)CC2)NC(=O)N(CCc2ccc(OC)cc2)C1=O. The highest BCUT2D eigenvalue weighted by atomic mass is 16.5. The fourth-order valence-corrected chi connectivity index (χ4v) is 4.91. The molecule has 0 bridgehead atoms. The zero-order valence-corrected chi connectivity index (χ0v) is 18.3. The molecule has 2 fully saturated rings. The molecule has 2 aliphatic heterocycles. The molecule has 0 unspecified atom stereocenters. The predicted molar refractivity (Wildman–Crippen MR) is 117 cm³/mol. The summed E-state index contributed by atoms with van der Waals surface area (Å²) in [5.41, 5.74) is 1.46. The third-order valence-electron chi connectivity index (χ3n) is 6.81. The van der Waals surface area contributed by atoms with Crippen molar-refractivity contribution >= 4 is 11.9 Å². The molecule has 4 rings (SSSR count). The number of hydrogen-bond acceptors (Lipinski definition) is 5. The first-order valence-corrected chi connectivity index (χ1v) is 11.1. The maximum atomic E-state index is 13.4. The van der Waals surface area contributed by atoms with Gasteiger partial charge < -0.3 is 14.5 Å². The minimum absolute atomic E-state index is 0.0678. The van der Waals surface area contributed by atoms with Crippen molar-refractivity contribution in [3.63, 3.8) is 0 Å². The van der Waals surface area contributed by atoms with Gasteiger partial charge in [-0.25, -0.2) is 4.79 Å². The first-order valence-electron chi connectivity index (χ1n) is 11.1. The Morgan fingerprint density at radius 2 is 1.87 bits per heavy atom. The van der Waals surface area contributed by atoms with E-state index >= 15 is 0 Å². The van der Waals surface area contributed by atoms with Gasteiger partial charge in [0.2, 0.25) is 0 Å². The van der Waals surface area contributed by atoms with Gasteiger partial charge in [0.25, 0.3) is 5.91 Å². The highest BCUT2D eigenvalue weighted by Gasteiger charge is 2.54. The lowest BCUT2D eigenvalue weighted by atomic mass is 9.75. The fourth-order valence-electron chi connectivity index (χ4n) is 4.91. The number of carbonyl (C=O) groups excluding carboxylic acids is 2. The first kappa shape index (κ1) is 21.4. The maximum Gasteiger partial charge on any atom is 0.325 e. The smallest absolute Gasteiger partial charge is 0.325 e. The van der Waals surface area contributed by atoms with Gasteiger partial charge in [-0.05, 0) is 68.5 Å². The Morgan fingerprint density at radius 3 is 2.48 bits per heavy atom. The average molecular weight is 426 g/mol. The molecule has 0 radical (unpaired) electrons. The Hall–Kier alpha value is -2.80. The normalized spacial score (nSPS) is 22.7. The van der Waals surface area contributed by atoms with E-state index < -0.39 is 5.54 Å². The van der Waals surface area contributed by atoms with Gasteiger partial charge in [-0.2, -0.15) is 0 Å². The van der Waals surface area contributed by atoms with Gasteiger partial charge in [-0.15, -0.1) is 0 Å². The average Bonchev–Trinajstić information content (AvgIpc) is 3.39. The van der Waals surface area contributed by atoms with E-state index in [4.69, 9.17) is 9.15 Å². The van der Waals surface area contributed by atoms with Crippen molar-refractivity contribution in [1.29, 1.82) is 0 Å². The molecule has 7 heteroatoms. The number of ether oxygens (including phenoxy) is 1. The van der Waals surface area contributed by atoms with Crippen molar-refractivity contribution in [2.24, 2.45) is 5.92 Å². The molecule has 1 atom stereocenters. The number of piperidine rings is 1. The van der Waals surface area contributed by atoms with Crippen LogP contribution < -0.4 is 10.1 Å². The molecule has 1 N–H and O–H groups in total. The van der Waals surface area contributed by atoms with Crippen LogP contribution in [0.5, 0.6) is 5.75 Å². The zero-order valence-electron chi connectivity index (χ0n) is 18.3. The Balaban J connectivity index is 1.37. The van der Waals surface area contributed by atoms with Crippen molar-refractivity contribution < 1.29 is 18.7 Å². The molecule has 0 saturated carbocycles. The molecule has 0 spiro atoms. The Kier molecular flexibility index (Phi) is 6.32. The van der Waals surface area contributed by atoms with E-state index in [0.717, 1.165) is 43.8 Å². The molecule has 1 aromatic heterocycles. The van der Waals surface area contributed by atoms with E-state index in [-0.39, 0.29) is 17.9 Å². The molecule has 31 heavy (non-hydrogen) atoms. The molecule has 3 heterocycles. The summed E-state index contributed by atoms with van der Waals surface area (Å²) >= 11 is 0. The molecule has 2 saturated heterocycles. The number of nitrogens with zero attached hydrogens (tertiary/aromatic N) is 2. The molecule has 7 nitrogen and oxygen atoms in total. The number of amides is 3. The second-order valence-corrected chi connectivity index (χ2v) is 8.49. The van der Waals surface area contributed by atoms with Crippen LogP contribution in [0.1, 0.15) is 37.3 Å². The molecule has 1 aromatic carbocycles. The molecular weight excluding hydrogens is 394 g/mol. The summed E-state index contributed by atoms with van der Waals surface area (Å²) in [4.78, 5) is 30.0. The third kappa shape index (κ3) is 4.32. The van der Waals surface area contributed by atoms with E-state index in [9.17, 15) is 9.59 Å². The number of imide groups is 1. The second kappa shape index (κ2) is 9.14. The van der Waals surface area contributed by atoms with Gasteiger partial charge in [0, 0.05) is 18.7 Å². The number of urea groups is 1. The minimum Gasteiger partial charge on any atom is -0.497 e. The Morgan fingerprint density at radius 1 is 1.13 bits per heavy atom. The van der Waals surface area contributed by atoms with Gasteiger partial charge >= 0.3 is 6.03 Å². The topological polar surface area (TPSA) is 75.0 Å². The monoisotopic (exact) mass is 425 g/mol. The summed E-state index contributed by atoms with van der Waals surface area (Å²) in [6, 6.07) is 9.46. The van der Waals surface area contributed by atoms with Crippen molar-refractivity contribution in [3.8, 4) is 5.75 Å². The van der Waals surface area contributed by atoms with Crippen LogP contribution in [0.2, 0.25) is 0 Å². The minimum atomic E-state index is -0.779. The van der Waals surface area contributed by atoms with E-state index in [1.807, 2.05) is 37.3 Å². The van der Waals surface area contributed by atoms with Crippen LogP contribution in [0.3, 0.4) is 0 Å². The summed E-state index contributed by atoms with van der Waals surface area (Å²) in [7, 11) is 1.63. The largest absolute Gasteiger partial charge is 0.497 e. The Bertz CT molecular complexity index is 888. The highest BCUT2D eigenvalue weighted by Crippen LogP contribution is 2.36. The standard InChI is InChI=1S/C24H31N3O4/c1-3-24(20-9-12-26(13-10-20)16-19-11-15-31-17-19)22(28)27(23(29)25-24)14-8-18-4-6-21(30-2)7-5-18/h4-7,11,15,17,20H,3,8-10,12-14,16H2,1-2H3,(H,25,29)/t24-/m1/s1. The number of likely N-dealkylation sites (tertiary alicyclic amines) is 1. The number of methoxy groups -OCH3 is 1. The lowest BCUT2D eigenvalue weighted by Gasteiger charge is -2.40. The van der Waals surface area contributed by atoms with Gasteiger partial charge in [-0.3, -0.25) is 14.6 Å². The van der Waals surface area contributed by atoms with Crippen molar-refractivity contribution in [1.82, 2.24) is 15.1 Å². The highest BCUT2D eigenvalue weighted by molar-refractivity contribution is 6.07. The van der Waals surface area contributed by atoms with Gasteiger partial charge in [-0.1, -0.05) is 19.1 Å². The van der Waals surface area contributed by atoms with Crippen LogP contribution in [0.25, 0.3) is 0 Å². The number of carbonyl (C=O) groups is 2. The second-order valence-electron chi connectivity index (χ2n) is 8.49. The van der Waals surface area contributed by atoms with Crippen molar-refractivity contribution in [3.05, 3.63) is 54.0 Å². The summed E-state index contributed by atoms with van der Waals surface area (Å²) in [5.74, 6) is 0.880. The van der Waals surface area contributed by atoms with Crippen LogP contribution in [-0.2, 0) is 17.8 Å². The maximum absolute atomic E-state index is 13.4. The van der Waals surface area contributed by atoms with Gasteiger partial charge in [0.15, 0.2) is 0 Å². The molecular formula is C24H31N3O4. The summed E-state index contributed by atoms with van der Waals surface area (Å²) in [6.07, 6.45) is 6.51. The number of benzene rings is 1. The zero-order chi connectivity index (χ0) is 21.8. The molecule has 166 valence electrons. The Labute approximate surface area is 183 Å². The number of furan rings is 1. The summed E-state index contributed by atoms with van der Waals surface area (Å²) < 4.78 is 10.4. The van der Waals surface area contributed by atoms with E-state index in [0.29, 0.717) is 19.4 Å². The van der Waals surface area contributed by atoms with Crippen molar-refractivity contribution in [2.45, 2.75) is 44.7 Å². The molecule has 2 aromatic rings. The summed E-state index contributed by atoms with van der Waals surface area (Å²) in [6.45, 7) is 5.07. The lowest BCUT2D eigenvalue weighted by Crippen LogP contribution is -2.55. The van der Waals surface area contributed by atoms with E-state index in [2.05, 4.69) is 10.2 Å². The van der Waals surface area contributed by atoms with Gasteiger partial charge in [0.1, 0.15) is 11.3 Å². The first-order chi connectivity index (χ1) is 15.1. The molecule has 3 amide bonds. The van der Waals surface area contributed by atoms with Gasteiger partial charge in [0.05, 0.1) is 19.6 Å². The lowest BCUT2D eigenvalue weighted by molar-refractivity contribution is -0.134. The van der Waals surface area contributed by atoms with Crippen LogP contribution in [0.4, 0.5) is 4.79 Å². The quantitative estimate of drug-likeness (QED) is 0.656. The van der Waals surface area contributed by atoms with E-state index in [1.54, 1.807) is 19.6 Å². The number of rotatable bonds is 8. The number of hydrogen-bond donors (Lipinski definition) is 1. The van der Waals surface area contributed by atoms with E-state index in [1.165, 1.54) is 10.5 Å².